The number of nitrogens with zero attached hydrogens (tertiary/aromatic N) is 4. The Morgan fingerprint density at radius 3 is 2.28 bits per heavy atom. The Hall–Kier alpha value is -4.00. The van der Waals surface area contributed by atoms with Crippen LogP contribution < -0.4 is 10.6 Å². The third-order valence-corrected chi connectivity index (χ3v) is 5.08. The molecule has 4 aromatic rings. The van der Waals surface area contributed by atoms with Gasteiger partial charge in [-0.2, -0.15) is 4.68 Å². The molecule has 0 atom stereocenters. The van der Waals surface area contributed by atoms with Gasteiger partial charge in [-0.25, -0.2) is 4.79 Å². The molecule has 3 aromatic carbocycles. The van der Waals surface area contributed by atoms with Gasteiger partial charge in [0.15, 0.2) is 5.82 Å². The lowest BCUT2D eigenvalue weighted by Crippen LogP contribution is -2.32. The minimum atomic E-state index is -0.271. The second-order valence-corrected chi connectivity index (χ2v) is 6.89. The average molecular weight is 382 g/mol. The molecule has 0 fully saturated rings. The summed E-state index contributed by atoms with van der Waals surface area (Å²) < 4.78 is 1.62. The van der Waals surface area contributed by atoms with Crippen molar-refractivity contribution in [3.05, 3.63) is 89.7 Å². The number of carbonyl (C=O) groups excluding carboxylic acids is 1. The number of carbonyl (C=O) groups is 1. The predicted molar refractivity (Wildman–Crippen MR) is 110 cm³/mol. The molecule has 1 aromatic heterocycles. The van der Waals surface area contributed by atoms with Crippen LogP contribution >= 0.6 is 0 Å². The molecule has 0 aliphatic heterocycles. The lowest BCUT2D eigenvalue weighted by atomic mass is 10.1. The lowest BCUT2D eigenvalue weighted by molar-refractivity contribution is 0.250. The Morgan fingerprint density at radius 2 is 1.62 bits per heavy atom. The van der Waals surface area contributed by atoms with Crippen LogP contribution in [0.4, 0.5) is 10.5 Å². The van der Waals surface area contributed by atoms with Gasteiger partial charge in [-0.3, -0.25) is 0 Å². The normalized spacial score (nSPS) is 12.3. The maximum Gasteiger partial charge on any atom is 0.319 e. The van der Waals surface area contributed by atoms with Gasteiger partial charge in [0.05, 0.1) is 11.7 Å². The Labute approximate surface area is 167 Å². The topological polar surface area (TPSA) is 84.7 Å². The van der Waals surface area contributed by atoms with Crippen molar-refractivity contribution in [3.63, 3.8) is 0 Å². The highest BCUT2D eigenvalue weighted by molar-refractivity contribution is 5.91. The third-order valence-electron chi connectivity index (χ3n) is 5.08. The highest BCUT2D eigenvalue weighted by Crippen LogP contribution is 2.42. The smallest absolute Gasteiger partial charge is 0.319 e. The summed E-state index contributed by atoms with van der Waals surface area (Å²) in [5, 5.41) is 17.6. The van der Waals surface area contributed by atoms with E-state index in [0.717, 1.165) is 27.9 Å². The van der Waals surface area contributed by atoms with Crippen molar-refractivity contribution >= 4 is 11.7 Å². The van der Waals surface area contributed by atoms with E-state index in [4.69, 9.17) is 0 Å². The molecule has 1 aliphatic rings. The van der Waals surface area contributed by atoms with Gasteiger partial charge in [-0.1, -0.05) is 54.6 Å². The molecule has 1 aliphatic carbocycles. The van der Waals surface area contributed by atoms with Gasteiger partial charge in [0, 0.05) is 5.69 Å². The maximum absolute atomic E-state index is 12.8. The minimum absolute atomic E-state index is 0.188. The molecule has 7 heteroatoms. The van der Waals surface area contributed by atoms with E-state index in [1.54, 1.807) is 4.68 Å². The summed E-state index contributed by atoms with van der Waals surface area (Å²) in [5.41, 5.74) is 5.95. The Balaban J connectivity index is 1.39. The highest BCUT2D eigenvalue weighted by Gasteiger charge is 2.29. The van der Waals surface area contributed by atoms with Crippen molar-refractivity contribution in [2.75, 3.05) is 5.32 Å². The van der Waals surface area contributed by atoms with E-state index >= 15 is 0 Å². The van der Waals surface area contributed by atoms with E-state index in [0.29, 0.717) is 11.5 Å². The van der Waals surface area contributed by atoms with Gasteiger partial charge in [-0.05, 0) is 57.8 Å². The van der Waals surface area contributed by atoms with E-state index in [2.05, 4.69) is 50.4 Å². The Kier molecular flexibility index (Phi) is 4.05. The van der Waals surface area contributed by atoms with E-state index in [-0.39, 0.29) is 12.1 Å². The number of nitrogens with one attached hydrogen (secondary N) is 2. The molecule has 5 rings (SSSR count). The van der Waals surface area contributed by atoms with Crippen LogP contribution in [0.2, 0.25) is 0 Å². The van der Waals surface area contributed by atoms with Gasteiger partial charge < -0.3 is 10.6 Å². The van der Waals surface area contributed by atoms with Crippen LogP contribution in [0, 0.1) is 6.92 Å². The predicted octanol–water partition coefficient (Wildman–Crippen LogP) is 3.86. The summed E-state index contributed by atoms with van der Waals surface area (Å²) in [6, 6.07) is 23.3. The molecule has 0 bridgehead atoms. The molecule has 2 N–H and O–H groups in total. The molecular formula is C22H18N6O. The number of aryl methyl sites for hydroxylation is 1. The van der Waals surface area contributed by atoms with Crippen LogP contribution in [-0.2, 0) is 0 Å². The fourth-order valence-electron chi connectivity index (χ4n) is 3.80. The molecule has 0 radical (unpaired) electrons. The SMILES string of the molecule is Cc1nnnn1-c1cccc(NC(=O)NC2c3ccccc3-c3ccccc32)c1. The van der Waals surface area contributed by atoms with Crippen LogP contribution in [0.3, 0.4) is 0 Å². The lowest BCUT2D eigenvalue weighted by Gasteiger charge is -2.17. The molecule has 0 unspecified atom stereocenters. The number of hydrogen-bond donors (Lipinski definition) is 2. The Bertz CT molecular complexity index is 1170. The van der Waals surface area contributed by atoms with E-state index < -0.39 is 0 Å². The van der Waals surface area contributed by atoms with E-state index in [9.17, 15) is 4.79 Å². The number of urea groups is 1. The first-order chi connectivity index (χ1) is 14.2. The molecule has 1 heterocycles. The quantitative estimate of drug-likeness (QED) is 0.563. The summed E-state index contributed by atoms with van der Waals surface area (Å²) in [7, 11) is 0. The van der Waals surface area contributed by atoms with Crippen LogP contribution in [0.1, 0.15) is 23.0 Å². The van der Waals surface area contributed by atoms with Crippen molar-refractivity contribution in [3.8, 4) is 16.8 Å². The van der Waals surface area contributed by atoms with Gasteiger partial charge in [0.2, 0.25) is 0 Å². The number of rotatable bonds is 3. The molecule has 0 saturated carbocycles. The maximum atomic E-state index is 12.8. The Morgan fingerprint density at radius 1 is 0.931 bits per heavy atom. The second kappa shape index (κ2) is 6.87. The molecule has 0 spiro atoms. The number of hydrogen-bond acceptors (Lipinski definition) is 4. The first kappa shape index (κ1) is 17.1. The van der Waals surface area contributed by atoms with Gasteiger partial charge in [-0.15, -0.1) is 5.10 Å². The first-order valence-electron chi connectivity index (χ1n) is 9.32. The number of tetrazole rings is 1. The summed E-state index contributed by atoms with van der Waals surface area (Å²) in [4.78, 5) is 12.8. The third kappa shape index (κ3) is 3.02. The van der Waals surface area contributed by atoms with Crippen LogP contribution in [-0.4, -0.2) is 26.2 Å². The summed E-state index contributed by atoms with van der Waals surface area (Å²) in [6.07, 6.45) is 0. The molecule has 7 nitrogen and oxygen atoms in total. The number of fused-ring (bicyclic) bond motifs is 3. The van der Waals surface area contributed by atoms with Crippen LogP contribution in [0.5, 0.6) is 0 Å². The second-order valence-electron chi connectivity index (χ2n) is 6.89. The van der Waals surface area contributed by atoms with E-state index in [1.165, 1.54) is 0 Å². The molecule has 142 valence electrons. The van der Waals surface area contributed by atoms with Crippen LogP contribution in [0.15, 0.2) is 72.8 Å². The molecule has 0 saturated heterocycles. The van der Waals surface area contributed by atoms with Gasteiger partial charge in [0.25, 0.3) is 0 Å². The van der Waals surface area contributed by atoms with E-state index in [1.807, 2.05) is 55.5 Å². The fourth-order valence-corrected chi connectivity index (χ4v) is 3.80. The standard InChI is InChI=1S/C22H18N6O/c1-14-25-26-27-28(14)16-8-6-7-15(13-16)23-22(29)24-21-19-11-4-2-9-17(19)18-10-3-5-12-20(18)21/h2-13,21H,1H3,(H2,23,24,29). The van der Waals surface area contributed by atoms with Crippen molar-refractivity contribution in [1.29, 1.82) is 0 Å². The van der Waals surface area contributed by atoms with Crippen molar-refractivity contribution < 1.29 is 4.79 Å². The first-order valence-corrected chi connectivity index (χ1v) is 9.32. The molecular weight excluding hydrogens is 364 g/mol. The zero-order valence-electron chi connectivity index (χ0n) is 15.7. The largest absolute Gasteiger partial charge is 0.327 e. The fraction of sp³-hybridized carbons (Fsp3) is 0.0909. The average Bonchev–Trinajstić information content (AvgIpc) is 3.30. The summed E-state index contributed by atoms with van der Waals surface area (Å²) in [6.45, 7) is 1.82. The molecule has 2 amide bonds. The van der Waals surface area contributed by atoms with Gasteiger partial charge in [0.1, 0.15) is 0 Å². The number of anilines is 1. The summed E-state index contributed by atoms with van der Waals surface area (Å²) in [5.74, 6) is 0.672. The van der Waals surface area contributed by atoms with Crippen molar-refractivity contribution in [1.82, 2.24) is 25.5 Å². The highest BCUT2D eigenvalue weighted by atomic mass is 16.2. The van der Waals surface area contributed by atoms with Crippen LogP contribution in [0.25, 0.3) is 16.8 Å². The zero-order chi connectivity index (χ0) is 19.8. The zero-order valence-corrected chi connectivity index (χ0v) is 15.7. The van der Waals surface area contributed by atoms with Gasteiger partial charge >= 0.3 is 6.03 Å². The monoisotopic (exact) mass is 382 g/mol. The number of benzene rings is 3. The number of amides is 2. The number of aromatic nitrogens is 4. The van der Waals surface area contributed by atoms with Crippen molar-refractivity contribution in [2.45, 2.75) is 13.0 Å². The van der Waals surface area contributed by atoms with Crippen molar-refractivity contribution in [2.24, 2.45) is 0 Å². The molecule has 29 heavy (non-hydrogen) atoms. The summed E-state index contributed by atoms with van der Waals surface area (Å²) >= 11 is 0. The minimum Gasteiger partial charge on any atom is -0.327 e.